The lowest BCUT2D eigenvalue weighted by Gasteiger charge is -2.28. The van der Waals surface area contributed by atoms with E-state index in [9.17, 15) is 4.79 Å². The van der Waals surface area contributed by atoms with Gasteiger partial charge in [-0.05, 0) is 35.7 Å². The number of amides is 1. The summed E-state index contributed by atoms with van der Waals surface area (Å²) in [6.45, 7) is 0.875. The molecule has 1 N–H and O–H groups in total. The number of hydrogen-bond acceptors (Lipinski definition) is 4. The van der Waals surface area contributed by atoms with Crippen LogP contribution in [0.3, 0.4) is 0 Å². The summed E-state index contributed by atoms with van der Waals surface area (Å²) in [5, 5.41) is 7.22. The average Bonchev–Trinajstić information content (AvgIpc) is 3.21. The molecule has 0 aliphatic carbocycles. The van der Waals surface area contributed by atoms with Crippen LogP contribution in [0.4, 0.5) is 0 Å². The van der Waals surface area contributed by atoms with Gasteiger partial charge in [0.25, 0.3) is 0 Å². The van der Waals surface area contributed by atoms with E-state index in [4.69, 9.17) is 9.47 Å². The lowest BCUT2D eigenvalue weighted by Crippen LogP contribution is -2.38. The maximum Gasteiger partial charge on any atom is 0.229 e. The van der Waals surface area contributed by atoms with Gasteiger partial charge in [0.2, 0.25) is 5.91 Å². The summed E-state index contributed by atoms with van der Waals surface area (Å²) < 4.78 is 11.1. The van der Waals surface area contributed by atoms with Crippen LogP contribution in [0.15, 0.2) is 54.7 Å². The first kappa shape index (κ1) is 18.1. The van der Waals surface area contributed by atoms with E-state index in [1.54, 1.807) is 18.2 Å². The van der Waals surface area contributed by atoms with Crippen molar-refractivity contribution < 1.29 is 14.3 Å². The van der Waals surface area contributed by atoms with Crippen LogP contribution in [-0.4, -0.2) is 41.8 Å². The molecule has 0 spiro atoms. The highest BCUT2D eigenvalue weighted by Crippen LogP contribution is 2.31. The van der Waals surface area contributed by atoms with Gasteiger partial charge >= 0.3 is 0 Å². The van der Waals surface area contributed by atoms with Crippen molar-refractivity contribution in [3.8, 4) is 22.8 Å². The Bertz CT molecular complexity index is 968. The Morgan fingerprint density at radius 1 is 1.29 bits per heavy atom. The lowest BCUT2D eigenvalue weighted by molar-refractivity contribution is -0.136. The van der Waals surface area contributed by atoms with Crippen molar-refractivity contribution in [2.45, 2.75) is 13.0 Å². The van der Waals surface area contributed by atoms with E-state index >= 15 is 0 Å². The molecule has 3 aromatic rings. The van der Waals surface area contributed by atoms with Gasteiger partial charge in [0.05, 0.1) is 24.9 Å². The molecule has 0 saturated carbocycles. The summed E-state index contributed by atoms with van der Waals surface area (Å²) in [7, 11) is 3.46. The third-order valence-electron chi connectivity index (χ3n) is 5.09. The standard InChI is InChI=1S/C22H23N3O3/c1-25(13-18-12-23-24-21(18)15-6-4-3-5-7-15)22(26)17-10-16-11-19(27-2)8-9-20(16)28-14-17/h3-9,11-12,17H,10,13-14H2,1-2H3,(H,23,24)/t17-/m1/s1. The van der Waals surface area contributed by atoms with Crippen LogP contribution in [0, 0.1) is 5.92 Å². The van der Waals surface area contributed by atoms with Gasteiger partial charge in [-0.3, -0.25) is 9.89 Å². The molecule has 0 unspecified atom stereocenters. The van der Waals surface area contributed by atoms with E-state index in [0.717, 1.165) is 33.9 Å². The number of methoxy groups -OCH3 is 1. The first-order valence-corrected chi connectivity index (χ1v) is 9.28. The summed E-state index contributed by atoms with van der Waals surface area (Å²) in [5.41, 5.74) is 3.99. The van der Waals surface area contributed by atoms with Gasteiger partial charge in [0, 0.05) is 19.2 Å². The monoisotopic (exact) mass is 377 g/mol. The zero-order valence-electron chi connectivity index (χ0n) is 16.0. The van der Waals surface area contributed by atoms with Gasteiger partial charge < -0.3 is 14.4 Å². The molecule has 0 fully saturated rings. The molecule has 6 heteroatoms. The van der Waals surface area contributed by atoms with Crippen LogP contribution in [0.2, 0.25) is 0 Å². The van der Waals surface area contributed by atoms with Crippen LogP contribution < -0.4 is 9.47 Å². The van der Waals surface area contributed by atoms with Crippen LogP contribution in [0.5, 0.6) is 11.5 Å². The summed E-state index contributed by atoms with van der Waals surface area (Å²) in [6.07, 6.45) is 2.43. The first-order valence-electron chi connectivity index (χ1n) is 9.28. The molecular weight excluding hydrogens is 354 g/mol. The van der Waals surface area contributed by atoms with Crippen LogP contribution in [0.1, 0.15) is 11.1 Å². The maximum atomic E-state index is 13.0. The number of fused-ring (bicyclic) bond motifs is 1. The third kappa shape index (κ3) is 3.58. The maximum absolute atomic E-state index is 13.0. The molecular formula is C22H23N3O3. The summed E-state index contributed by atoms with van der Waals surface area (Å²) in [4.78, 5) is 14.8. The molecule has 2 heterocycles. The highest BCUT2D eigenvalue weighted by atomic mass is 16.5. The van der Waals surface area contributed by atoms with E-state index in [2.05, 4.69) is 10.2 Å². The number of benzene rings is 2. The second kappa shape index (κ2) is 7.76. The quantitative estimate of drug-likeness (QED) is 0.741. The van der Waals surface area contributed by atoms with E-state index in [0.29, 0.717) is 19.6 Å². The Morgan fingerprint density at radius 2 is 2.11 bits per heavy atom. The molecule has 28 heavy (non-hydrogen) atoms. The Kier molecular flexibility index (Phi) is 5.02. The van der Waals surface area contributed by atoms with Gasteiger partial charge in [0.1, 0.15) is 18.1 Å². The van der Waals surface area contributed by atoms with Crippen LogP contribution >= 0.6 is 0 Å². The number of rotatable bonds is 5. The minimum absolute atomic E-state index is 0.0636. The number of aromatic nitrogens is 2. The molecule has 1 aliphatic rings. The zero-order chi connectivity index (χ0) is 19.5. The predicted molar refractivity (Wildman–Crippen MR) is 106 cm³/mol. The highest BCUT2D eigenvalue weighted by molar-refractivity contribution is 5.80. The third-order valence-corrected chi connectivity index (χ3v) is 5.09. The van der Waals surface area contributed by atoms with Crippen molar-refractivity contribution in [3.05, 3.63) is 65.9 Å². The SMILES string of the molecule is COc1ccc2c(c1)C[C@@H](C(=O)N(C)Cc1cn[nH]c1-c1ccccc1)CO2. The number of H-pyrrole nitrogens is 1. The van der Waals surface area contributed by atoms with Crippen molar-refractivity contribution in [2.75, 3.05) is 20.8 Å². The molecule has 0 radical (unpaired) electrons. The molecule has 0 saturated heterocycles. The van der Waals surface area contributed by atoms with Gasteiger partial charge in [-0.15, -0.1) is 0 Å². The fourth-order valence-electron chi connectivity index (χ4n) is 3.59. The Balaban J connectivity index is 1.47. The smallest absolute Gasteiger partial charge is 0.229 e. The number of carbonyl (C=O) groups excluding carboxylic acids is 1. The van der Waals surface area contributed by atoms with E-state index < -0.39 is 0 Å². The Morgan fingerprint density at radius 3 is 2.89 bits per heavy atom. The fourth-order valence-corrected chi connectivity index (χ4v) is 3.59. The van der Waals surface area contributed by atoms with E-state index in [1.165, 1.54) is 0 Å². The van der Waals surface area contributed by atoms with Gasteiger partial charge in [-0.25, -0.2) is 0 Å². The number of nitrogens with zero attached hydrogens (tertiary/aromatic N) is 2. The van der Waals surface area contributed by atoms with E-state index in [1.807, 2.05) is 55.6 Å². The van der Waals surface area contributed by atoms with Crippen molar-refractivity contribution in [1.82, 2.24) is 15.1 Å². The Hall–Kier alpha value is -3.28. The van der Waals surface area contributed by atoms with Crippen molar-refractivity contribution in [3.63, 3.8) is 0 Å². The molecule has 0 bridgehead atoms. The average molecular weight is 377 g/mol. The first-order chi connectivity index (χ1) is 13.7. The topological polar surface area (TPSA) is 67.5 Å². The van der Waals surface area contributed by atoms with Gasteiger partial charge in [-0.1, -0.05) is 30.3 Å². The highest BCUT2D eigenvalue weighted by Gasteiger charge is 2.29. The van der Waals surface area contributed by atoms with Crippen molar-refractivity contribution in [1.29, 1.82) is 0 Å². The number of nitrogens with one attached hydrogen (secondary N) is 1. The molecule has 1 amide bonds. The normalized spacial score (nSPS) is 15.4. The summed E-state index contributed by atoms with van der Waals surface area (Å²) >= 11 is 0. The summed E-state index contributed by atoms with van der Waals surface area (Å²) in [6, 6.07) is 15.7. The van der Waals surface area contributed by atoms with Crippen molar-refractivity contribution in [2.24, 2.45) is 5.92 Å². The minimum atomic E-state index is -0.211. The molecule has 144 valence electrons. The molecule has 6 nitrogen and oxygen atoms in total. The van der Waals surface area contributed by atoms with E-state index in [-0.39, 0.29) is 11.8 Å². The fraction of sp³-hybridized carbons (Fsp3) is 0.273. The number of aromatic amines is 1. The van der Waals surface area contributed by atoms with Gasteiger partial charge in [-0.2, -0.15) is 5.10 Å². The number of carbonyl (C=O) groups is 1. The second-order valence-electron chi connectivity index (χ2n) is 7.02. The predicted octanol–water partition coefficient (Wildman–Crippen LogP) is 3.30. The minimum Gasteiger partial charge on any atom is -0.497 e. The lowest BCUT2D eigenvalue weighted by atomic mass is 9.95. The number of ether oxygens (including phenoxy) is 2. The van der Waals surface area contributed by atoms with Crippen LogP contribution in [0.25, 0.3) is 11.3 Å². The second-order valence-corrected chi connectivity index (χ2v) is 7.02. The van der Waals surface area contributed by atoms with Crippen molar-refractivity contribution >= 4 is 5.91 Å². The van der Waals surface area contributed by atoms with Crippen LogP contribution in [-0.2, 0) is 17.8 Å². The molecule has 1 atom stereocenters. The summed E-state index contributed by atoms with van der Waals surface area (Å²) in [5.74, 6) is 1.45. The number of hydrogen-bond donors (Lipinski definition) is 1. The van der Waals surface area contributed by atoms with Gasteiger partial charge in [0.15, 0.2) is 0 Å². The zero-order valence-corrected chi connectivity index (χ0v) is 16.0. The molecule has 1 aromatic heterocycles. The molecule has 1 aliphatic heterocycles. The molecule has 2 aromatic carbocycles. The molecule has 4 rings (SSSR count). The largest absolute Gasteiger partial charge is 0.497 e. The Labute approximate surface area is 164 Å².